The van der Waals surface area contributed by atoms with Crippen LogP contribution >= 0.6 is 27.6 Å². The molecule has 0 fully saturated rings. The first kappa shape index (κ1) is 33.5. The van der Waals surface area contributed by atoms with Crippen molar-refractivity contribution in [1.82, 2.24) is 9.80 Å². The van der Waals surface area contributed by atoms with E-state index < -0.39 is 35.4 Å². The molecule has 204 valence electrons. The van der Waals surface area contributed by atoms with E-state index in [0.29, 0.717) is 24.7 Å². The fourth-order valence-corrected chi connectivity index (χ4v) is 3.66. The van der Waals surface area contributed by atoms with Gasteiger partial charge in [0, 0.05) is 13.1 Å². The van der Waals surface area contributed by atoms with Crippen LogP contribution in [0.25, 0.3) is 0 Å². The standard InChI is InChI=1S/2C8H15N3O3S.Au.3ClH/c2*9-7-3-1-4-8(10)11(7)5-2-6-15(12,13)14;;;;/h2*1,3-4,7H,2,5-6,9-10H2,(H,12,13,14);;3*1H/q;;+3;;;/p-3. The Hall–Kier alpha value is -0.490. The Morgan fingerprint density at radius 1 is 0.794 bits per heavy atom. The first-order valence-corrected chi connectivity index (χ1v) is 20.6. The van der Waals surface area contributed by atoms with Crippen LogP contribution in [0.5, 0.6) is 0 Å². The van der Waals surface area contributed by atoms with Crippen molar-refractivity contribution >= 4 is 47.8 Å². The molecule has 0 aromatic heterocycles. The van der Waals surface area contributed by atoms with E-state index in [1.165, 1.54) is 0 Å². The molecular formula is C16H30AuCl3N6O6S2. The second-order valence-corrected chi connectivity index (χ2v) is 19.3. The fraction of sp³-hybridized carbons (Fsp3) is 0.500. The molecule has 0 saturated heterocycles. The molecule has 0 aliphatic carbocycles. The zero-order valence-electron chi connectivity index (χ0n) is 17.8. The van der Waals surface area contributed by atoms with E-state index in [9.17, 15) is 16.8 Å². The normalized spacial score (nSPS) is 20.4. The molecular weight excluding hydrogens is 740 g/mol. The van der Waals surface area contributed by atoms with Crippen molar-refractivity contribution in [3.8, 4) is 0 Å². The van der Waals surface area contributed by atoms with Gasteiger partial charge in [0.2, 0.25) is 0 Å². The molecule has 2 heterocycles. The van der Waals surface area contributed by atoms with Crippen LogP contribution in [0, 0.1) is 0 Å². The van der Waals surface area contributed by atoms with Crippen molar-refractivity contribution in [2.45, 2.75) is 25.2 Å². The zero-order chi connectivity index (χ0) is 26.5. The Balaban J connectivity index is 0.000000554. The number of hydrogen-bond acceptors (Lipinski definition) is 10. The summed E-state index contributed by atoms with van der Waals surface area (Å²) in [5, 5.41) is 0. The van der Waals surface area contributed by atoms with E-state index in [0.717, 1.165) is 0 Å². The molecule has 34 heavy (non-hydrogen) atoms. The minimum absolute atomic E-state index is 0.285. The van der Waals surface area contributed by atoms with Crippen LogP contribution in [0.3, 0.4) is 0 Å². The van der Waals surface area contributed by atoms with Crippen LogP contribution < -0.4 is 22.9 Å². The molecule has 0 bridgehead atoms. The quantitative estimate of drug-likeness (QED) is 0.147. The Labute approximate surface area is 218 Å². The van der Waals surface area contributed by atoms with E-state index in [4.69, 9.17) is 59.6 Å². The fourth-order valence-electron chi connectivity index (χ4n) is 2.67. The number of hydrogen-bond donors (Lipinski definition) is 6. The Bertz CT molecular complexity index is 886. The summed E-state index contributed by atoms with van der Waals surface area (Å²) in [4.78, 5) is 3.34. The van der Waals surface area contributed by atoms with Crippen LogP contribution in [0.4, 0.5) is 0 Å². The number of rotatable bonds is 8. The third-order valence-corrected chi connectivity index (χ3v) is 5.75. The number of nitrogens with two attached hydrogens (primary N) is 4. The summed E-state index contributed by atoms with van der Waals surface area (Å²) in [5.41, 5.74) is 22.8. The van der Waals surface area contributed by atoms with Crippen molar-refractivity contribution in [3.63, 3.8) is 0 Å². The third kappa shape index (κ3) is 17.0. The zero-order valence-corrected chi connectivity index (χ0v) is 23.9. The van der Waals surface area contributed by atoms with Gasteiger partial charge < -0.3 is 32.7 Å². The number of nitrogens with zero attached hydrogens (tertiary/aromatic N) is 2. The second kappa shape index (κ2) is 16.3. The predicted molar refractivity (Wildman–Crippen MR) is 132 cm³/mol. The van der Waals surface area contributed by atoms with Crippen LogP contribution in [0.2, 0.25) is 0 Å². The van der Waals surface area contributed by atoms with Gasteiger partial charge in [-0.1, -0.05) is 12.2 Å². The molecule has 2 aliphatic heterocycles. The van der Waals surface area contributed by atoms with E-state index in [-0.39, 0.29) is 36.7 Å². The monoisotopic (exact) mass is 768 g/mol. The second-order valence-electron chi connectivity index (χ2n) is 6.73. The average Bonchev–Trinajstić information content (AvgIpc) is 2.65. The number of allylic oxidation sites excluding steroid dienone is 4. The summed E-state index contributed by atoms with van der Waals surface area (Å²) in [6.07, 6.45) is 10.3. The van der Waals surface area contributed by atoms with Crippen LogP contribution in [-0.4, -0.2) is 72.7 Å². The van der Waals surface area contributed by atoms with Gasteiger partial charge in [-0.15, -0.1) is 0 Å². The van der Waals surface area contributed by atoms with E-state index >= 15 is 0 Å². The molecule has 2 atom stereocenters. The molecule has 0 spiro atoms. The van der Waals surface area contributed by atoms with Crippen LogP contribution in [0.15, 0.2) is 48.1 Å². The Morgan fingerprint density at radius 2 is 1.09 bits per heavy atom. The molecule has 2 unspecified atom stereocenters. The average molecular weight is 770 g/mol. The van der Waals surface area contributed by atoms with Crippen molar-refractivity contribution in [3.05, 3.63) is 48.1 Å². The van der Waals surface area contributed by atoms with Gasteiger partial charge in [0.25, 0.3) is 20.2 Å². The molecule has 10 N–H and O–H groups in total. The molecule has 2 aliphatic rings. The SMILES string of the molecule is NC1=CC=CC(N)N1CCCS(=O)(=O)O.NC1=CC=CC(N)N1CCCS(=O)(=O)O.[Cl][Au]([Cl])[Cl]. The first-order valence-electron chi connectivity index (χ1n) is 9.37. The maximum absolute atomic E-state index is 10.5. The molecule has 18 heteroatoms. The van der Waals surface area contributed by atoms with E-state index in [1.54, 1.807) is 46.3 Å². The Kier molecular flexibility index (Phi) is 16.1. The van der Waals surface area contributed by atoms with Crippen molar-refractivity contribution in [1.29, 1.82) is 0 Å². The van der Waals surface area contributed by atoms with Gasteiger partial charge in [-0.05, 0) is 37.1 Å². The molecule has 0 amide bonds. The van der Waals surface area contributed by atoms with Crippen molar-refractivity contribution < 1.29 is 41.1 Å². The molecule has 0 aromatic carbocycles. The van der Waals surface area contributed by atoms with Gasteiger partial charge in [-0.2, -0.15) is 16.8 Å². The van der Waals surface area contributed by atoms with Gasteiger partial charge in [0.05, 0.1) is 23.8 Å². The van der Waals surface area contributed by atoms with Crippen LogP contribution in [-0.2, 0) is 35.4 Å². The van der Waals surface area contributed by atoms with Gasteiger partial charge in [0.15, 0.2) is 0 Å². The third-order valence-electron chi connectivity index (χ3n) is 4.14. The topological polar surface area (TPSA) is 219 Å². The molecule has 0 radical (unpaired) electrons. The van der Waals surface area contributed by atoms with E-state index in [1.807, 2.05) is 0 Å². The predicted octanol–water partition coefficient (Wildman–Crippen LogP) is 0.508. The van der Waals surface area contributed by atoms with Crippen molar-refractivity contribution in [2.75, 3.05) is 24.6 Å². The van der Waals surface area contributed by atoms with Crippen molar-refractivity contribution in [2.24, 2.45) is 22.9 Å². The Morgan fingerprint density at radius 3 is 1.32 bits per heavy atom. The molecule has 2 rings (SSSR count). The van der Waals surface area contributed by atoms with E-state index in [2.05, 4.69) is 0 Å². The molecule has 12 nitrogen and oxygen atoms in total. The van der Waals surface area contributed by atoms with Gasteiger partial charge in [-0.3, -0.25) is 9.11 Å². The summed E-state index contributed by atoms with van der Waals surface area (Å²) in [6, 6.07) is 0. The van der Waals surface area contributed by atoms with Gasteiger partial charge >= 0.3 is 42.8 Å². The minimum atomic E-state index is -3.91. The summed E-state index contributed by atoms with van der Waals surface area (Å²) in [5.74, 6) is 0.432. The van der Waals surface area contributed by atoms with Gasteiger partial charge in [0.1, 0.15) is 11.6 Å². The molecule has 0 saturated carbocycles. The summed E-state index contributed by atoms with van der Waals surface area (Å²) >= 11 is -1.79. The summed E-state index contributed by atoms with van der Waals surface area (Å²) < 4.78 is 59.0. The van der Waals surface area contributed by atoms with Crippen LogP contribution in [0.1, 0.15) is 12.8 Å². The number of halogens is 3. The molecule has 0 aromatic rings. The maximum atomic E-state index is 10.5. The first-order chi connectivity index (χ1) is 15.5. The summed E-state index contributed by atoms with van der Waals surface area (Å²) in [6.45, 7) is 0.793. The summed E-state index contributed by atoms with van der Waals surface area (Å²) in [7, 11) is 7.05. The van der Waals surface area contributed by atoms with Gasteiger partial charge in [-0.25, -0.2) is 0 Å².